The van der Waals surface area contributed by atoms with E-state index in [1.807, 2.05) is 6.07 Å². The lowest BCUT2D eigenvalue weighted by Crippen LogP contribution is -2.52. The van der Waals surface area contributed by atoms with E-state index in [0.29, 0.717) is 19.4 Å². The Morgan fingerprint density at radius 2 is 2.00 bits per heavy atom. The Balaban J connectivity index is 2.22. The zero-order valence-electron chi connectivity index (χ0n) is 12.8. The molecule has 0 spiro atoms. The van der Waals surface area contributed by atoms with E-state index in [-0.39, 0.29) is 6.42 Å². The summed E-state index contributed by atoms with van der Waals surface area (Å²) in [5.41, 5.74) is 0.799. The van der Waals surface area contributed by atoms with Gasteiger partial charge in [-0.2, -0.15) is 0 Å². The van der Waals surface area contributed by atoms with Crippen LogP contribution in [0.1, 0.15) is 18.4 Å². The molecular formula is C15H20N2O5S. The zero-order chi connectivity index (χ0) is 17.0. The SMILES string of the molecule is CS(=O)(=O)N[C@@H](Cc1ccccc1)C(=O)N1CCC[C@H]1C(=O)O. The Labute approximate surface area is 135 Å². The summed E-state index contributed by atoms with van der Waals surface area (Å²) in [6.07, 6.45) is 2.14. The summed E-state index contributed by atoms with van der Waals surface area (Å²) < 4.78 is 25.5. The number of likely N-dealkylation sites (tertiary alicyclic amines) is 1. The average Bonchev–Trinajstić information content (AvgIpc) is 2.95. The lowest BCUT2D eigenvalue weighted by atomic mass is 10.1. The van der Waals surface area contributed by atoms with Crippen molar-refractivity contribution in [3.8, 4) is 0 Å². The maximum absolute atomic E-state index is 12.7. The molecule has 1 fully saturated rings. The number of hydrogen-bond donors (Lipinski definition) is 2. The third-order valence-electron chi connectivity index (χ3n) is 3.76. The molecule has 0 radical (unpaired) electrons. The fourth-order valence-electron chi connectivity index (χ4n) is 2.77. The molecule has 0 saturated carbocycles. The fraction of sp³-hybridized carbons (Fsp3) is 0.467. The largest absolute Gasteiger partial charge is 0.480 e. The van der Waals surface area contributed by atoms with Crippen molar-refractivity contribution in [3.05, 3.63) is 35.9 Å². The number of nitrogens with one attached hydrogen (secondary N) is 1. The molecule has 23 heavy (non-hydrogen) atoms. The number of hydrogen-bond acceptors (Lipinski definition) is 4. The number of benzene rings is 1. The number of carboxylic acids is 1. The molecule has 1 amide bonds. The predicted molar refractivity (Wildman–Crippen MR) is 84.3 cm³/mol. The van der Waals surface area contributed by atoms with Crippen molar-refractivity contribution in [2.75, 3.05) is 12.8 Å². The maximum Gasteiger partial charge on any atom is 0.326 e. The molecule has 1 saturated heterocycles. The number of sulfonamides is 1. The van der Waals surface area contributed by atoms with Crippen LogP contribution in [0.2, 0.25) is 0 Å². The highest BCUT2D eigenvalue weighted by Gasteiger charge is 2.37. The Morgan fingerprint density at radius 1 is 1.35 bits per heavy atom. The highest BCUT2D eigenvalue weighted by molar-refractivity contribution is 7.88. The van der Waals surface area contributed by atoms with E-state index in [2.05, 4.69) is 4.72 Å². The second-order valence-corrected chi connectivity index (χ2v) is 7.44. The van der Waals surface area contributed by atoms with E-state index in [1.165, 1.54) is 4.90 Å². The van der Waals surface area contributed by atoms with Gasteiger partial charge in [-0.3, -0.25) is 4.79 Å². The Hall–Kier alpha value is -1.93. The van der Waals surface area contributed by atoms with Crippen molar-refractivity contribution in [2.24, 2.45) is 0 Å². The van der Waals surface area contributed by atoms with Crippen LogP contribution in [0.5, 0.6) is 0 Å². The van der Waals surface area contributed by atoms with Crippen LogP contribution in [-0.4, -0.2) is 55.2 Å². The summed E-state index contributed by atoms with van der Waals surface area (Å²) in [6, 6.07) is 7.12. The molecule has 0 aliphatic carbocycles. The molecule has 7 nitrogen and oxygen atoms in total. The zero-order valence-corrected chi connectivity index (χ0v) is 13.6. The first kappa shape index (κ1) is 17.4. The second kappa shape index (κ2) is 7.10. The van der Waals surface area contributed by atoms with Crippen LogP contribution in [-0.2, 0) is 26.0 Å². The lowest BCUT2D eigenvalue weighted by Gasteiger charge is -2.27. The highest BCUT2D eigenvalue weighted by Crippen LogP contribution is 2.19. The van der Waals surface area contributed by atoms with Crippen LogP contribution in [0.15, 0.2) is 30.3 Å². The minimum atomic E-state index is -3.60. The molecule has 1 aromatic rings. The van der Waals surface area contributed by atoms with Gasteiger partial charge in [-0.1, -0.05) is 30.3 Å². The molecule has 1 aliphatic rings. The van der Waals surface area contributed by atoms with Crippen molar-refractivity contribution in [2.45, 2.75) is 31.3 Å². The topological polar surface area (TPSA) is 104 Å². The normalized spacial score (nSPS) is 19.5. The maximum atomic E-state index is 12.7. The van der Waals surface area contributed by atoms with Gasteiger partial charge < -0.3 is 10.0 Å². The smallest absolute Gasteiger partial charge is 0.326 e. The monoisotopic (exact) mass is 340 g/mol. The average molecular weight is 340 g/mol. The van der Waals surface area contributed by atoms with Crippen molar-refractivity contribution in [1.82, 2.24) is 9.62 Å². The van der Waals surface area contributed by atoms with E-state index in [1.54, 1.807) is 24.3 Å². The van der Waals surface area contributed by atoms with Crippen LogP contribution >= 0.6 is 0 Å². The first-order chi connectivity index (χ1) is 10.8. The number of nitrogens with zero attached hydrogens (tertiary/aromatic N) is 1. The van der Waals surface area contributed by atoms with E-state index in [4.69, 9.17) is 0 Å². The number of carboxylic acid groups (broad SMARTS) is 1. The number of carbonyl (C=O) groups is 2. The standard InChI is InChI=1S/C15H20N2O5S/c1-23(21,22)16-12(10-11-6-3-2-4-7-11)14(18)17-9-5-8-13(17)15(19)20/h2-4,6-7,12-13,16H,5,8-10H2,1H3,(H,19,20)/t12-,13-/m0/s1. The molecule has 2 N–H and O–H groups in total. The lowest BCUT2D eigenvalue weighted by molar-refractivity contribution is -0.148. The minimum absolute atomic E-state index is 0.176. The van der Waals surface area contributed by atoms with Crippen molar-refractivity contribution < 1.29 is 23.1 Å². The highest BCUT2D eigenvalue weighted by atomic mass is 32.2. The first-order valence-electron chi connectivity index (χ1n) is 7.32. The molecule has 8 heteroatoms. The third kappa shape index (κ3) is 4.77. The van der Waals surface area contributed by atoms with Crippen LogP contribution in [0.3, 0.4) is 0 Å². The molecule has 0 aromatic heterocycles. The number of rotatable bonds is 6. The molecular weight excluding hydrogens is 320 g/mol. The summed E-state index contributed by atoms with van der Waals surface area (Å²) in [5, 5.41) is 9.20. The van der Waals surface area contributed by atoms with E-state index in [9.17, 15) is 23.1 Å². The van der Waals surface area contributed by atoms with Crippen molar-refractivity contribution in [1.29, 1.82) is 0 Å². The molecule has 1 heterocycles. The van der Waals surface area contributed by atoms with Crippen LogP contribution in [0.4, 0.5) is 0 Å². The van der Waals surface area contributed by atoms with E-state index < -0.39 is 34.0 Å². The number of amides is 1. The summed E-state index contributed by atoms with van der Waals surface area (Å²) >= 11 is 0. The van der Waals surface area contributed by atoms with Gasteiger partial charge in [-0.25, -0.2) is 17.9 Å². The van der Waals surface area contributed by atoms with Gasteiger partial charge in [0.2, 0.25) is 15.9 Å². The molecule has 1 aliphatic heterocycles. The minimum Gasteiger partial charge on any atom is -0.480 e. The summed E-state index contributed by atoms with van der Waals surface area (Å²) in [7, 11) is -3.60. The molecule has 1 aromatic carbocycles. The van der Waals surface area contributed by atoms with Gasteiger partial charge in [0.15, 0.2) is 0 Å². The van der Waals surface area contributed by atoms with Crippen molar-refractivity contribution >= 4 is 21.9 Å². The van der Waals surface area contributed by atoms with Gasteiger partial charge >= 0.3 is 5.97 Å². The summed E-state index contributed by atoms with van der Waals surface area (Å²) in [4.78, 5) is 25.2. The van der Waals surface area contributed by atoms with Gasteiger partial charge in [-0.05, 0) is 24.8 Å². The molecule has 2 atom stereocenters. The predicted octanol–water partition coefficient (Wildman–Crippen LogP) is 0.222. The first-order valence-corrected chi connectivity index (χ1v) is 9.21. The molecule has 126 valence electrons. The molecule has 2 rings (SSSR count). The van der Waals surface area contributed by atoms with Gasteiger partial charge in [-0.15, -0.1) is 0 Å². The number of carbonyl (C=O) groups excluding carboxylic acids is 1. The van der Waals surface area contributed by atoms with Gasteiger partial charge in [0.1, 0.15) is 12.1 Å². The van der Waals surface area contributed by atoms with Crippen LogP contribution < -0.4 is 4.72 Å². The number of aliphatic carboxylic acids is 1. The fourth-order valence-corrected chi connectivity index (χ4v) is 3.48. The quantitative estimate of drug-likeness (QED) is 0.771. The second-order valence-electron chi connectivity index (χ2n) is 5.66. The Morgan fingerprint density at radius 3 is 2.57 bits per heavy atom. The van der Waals surface area contributed by atoms with Gasteiger partial charge in [0, 0.05) is 6.54 Å². The van der Waals surface area contributed by atoms with E-state index in [0.717, 1.165) is 11.8 Å². The Kier molecular flexibility index (Phi) is 5.38. The van der Waals surface area contributed by atoms with E-state index >= 15 is 0 Å². The molecule has 0 bridgehead atoms. The molecule has 0 unspecified atom stereocenters. The van der Waals surface area contributed by atoms with Crippen LogP contribution in [0, 0.1) is 0 Å². The van der Waals surface area contributed by atoms with Crippen molar-refractivity contribution in [3.63, 3.8) is 0 Å². The van der Waals surface area contributed by atoms with Crippen LogP contribution in [0.25, 0.3) is 0 Å². The Bertz CT molecular complexity index is 674. The van der Waals surface area contributed by atoms with Gasteiger partial charge in [0.05, 0.1) is 6.26 Å². The summed E-state index contributed by atoms with van der Waals surface area (Å²) in [5.74, 6) is -1.56. The summed E-state index contributed by atoms with van der Waals surface area (Å²) in [6.45, 7) is 0.326. The third-order valence-corrected chi connectivity index (χ3v) is 4.47. The van der Waals surface area contributed by atoms with Gasteiger partial charge in [0.25, 0.3) is 0 Å².